The molecule has 0 aromatic heterocycles. The van der Waals surface area contributed by atoms with Crippen molar-refractivity contribution in [3.05, 3.63) is 24.0 Å². The van der Waals surface area contributed by atoms with E-state index >= 15 is 0 Å². The number of rotatable bonds is 1. The Hall–Kier alpha value is -0.162. The van der Waals surface area contributed by atoms with Crippen LogP contribution in [0.1, 0.15) is 13.8 Å². The van der Waals surface area contributed by atoms with Crippen LogP contribution in [0, 0.1) is 11.8 Å². The van der Waals surface area contributed by atoms with Crippen LogP contribution >= 0.6 is 0 Å². The van der Waals surface area contributed by atoms with Gasteiger partial charge in [-0.25, -0.2) is 0 Å². The molecule has 2 heteroatoms. The molecule has 1 rings (SSSR count). The molecule has 1 atom stereocenters. The van der Waals surface area contributed by atoms with Crippen LogP contribution in [0.5, 0.6) is 0 Å². The molecular formula is C9H12OW. The third kappa shape index (κ3) is 1.90. The van der Waals surface area contributed by atoms with Crippen molar-refractivity contribution >= 4 is 3.90 Å². The standard InChI is InChI=1S/C9H12O.W/c1-7(2)8-4-3-5-9(10)6-8;/h3-5,7-8,10H,1-2H3;. The summed E-state index contributed by atoms with van der Waals surface area (Å²) in [7, 11) is 0. The topological polar surface area (TPSA) is 20.2 Å². The van der Waals surface area contributed by atoms with Crippen molar-refractivity contribution in [2.45, 2.75) is 13.8 Å². The molecule has 0 aromatic carbocycles. The number of aliphatic hydroxyl groups is 1. The predicted octanol–water partition coefficient (Wildman–Crippen LogP) is 1.99. The summed E-state index contributed by atoms with van der Waals surface area (Å²) in [6.45, 7) is 4.35. The van der Waals surface area contributed by atoms with E-state index in [0.29, 0.717) is 17.6 Å². The third-order valence-corrected chi connectivity index (χ3v) is 3.58. The maximum absolute atomic E-state index is 9.39. The van der Waals surface area contributed by atoms with Crippen molar-refractivity contribution in [3.8, 4) is 0 Å². The summed E-state index contributed by atoms with van der Waals surface area (Å²) in [5, 5.41) is 9.39. The van der Waals surface area contributed by atoms with Gasteiger partial charge in [-0.1, -0.05) is 0 Å². The van der Waals surface area contributed by atoms with Gasteiger partial charge in [0.25, 0.3) is 0 Å². The molecule has 0 heterocycles. The van der Waals surface area contributed by atoms with E-state index in [9.17, 15) is 5.11 Å². The minimum atomic E-state index is 0.454. The average molecular weight is 320 g/mol. The first-order valence-electron chi connectivity index (χ1n) is 3.74. The Morgan fingerprint density at radius 2 is 2.18 bits per heavy atom. The molecule has 0 radical (unpaired) electrons. The molecule has 0 fully saturated rings. The number of aliphatic hydroxyl groups excluding tert-OH is 1. The van der Waals surface area contributed by atoms with Crippen molar-refractivity contribution in [1.82, 2.24) is 0 Å². The first kappa shape index (κ1) is 8.93. The van der Waals surface area contributed by atoms with Gasteiger partial charge in [-0.15, -0.1) is 0 Å². The van der Waals surface area contributed by atoms with Crippen LogP contribution in [0.15, 0.2) is 24.0 Å². The quantitative estimate of drug-likeness (QED) is 0.783. The SMILES string of the molecule is CC(C)C1C=CC=C(O)[C]1=[W]. The maximum atomic E-state index is 9.39. The van der Waals surface area contributed by atoms with E-state index in [1.54, 1.807) is 6.08 Å². The summed E-state index contributed by atoms with van der Waals surface area (Å²) in [6.07, 6.45) is 5.86. The third-order valence-electron chi connectivity index (χ3n) is 1.85. The van der Waals surface area contributed by atoms with Gasteiger partial charge in [-0.05, 0) is 0 Å². The molecule has 0 aromatic rings. The van der Waals surface area contributed by atoms with Crippen LogP contribution in [0.3, 0.4) is 0 Å². The number of hydrogen-bond donors (Lipinski definition) is 1. The molecule has 0 saturated heterocycles. The molecule has 1 nitrogen and oxygen atoms in total. The Morgan fingerprint density at radius 3 is 2.64 bits per heavy atom. The van der Waals surface area contributed by atoms with Gasteiger partial charge in [0.15, 0.2) is 0 Å². The van der Waals surface area contributed by atoms with Crippen molar-refractivity contribution in [3.63, 3.8) is 0 Å². The number of allylic oxidation sites excluding steroid dienone is 4. The molecular weight excluding hydrogens is 308 g/mol. The van der Waals surface area contributed by atoms with Gasteiger partial charge in [-0.3, -0.25) is 0 Å². The summed E-state index contributed by atoms with van der Waals surface area (Å²) < 4.78 is 1.17. The second kappa shape index (κ2) is 3.49. The van der Waals surface area contributed by atoms with Gasteiger partial charge >= 0.3 is 78.0 Å². The first-order chi connectivity index (χ1) is 5.13. The summed E-state index contributed by atoms with van der Waals surface area (Å²) in [4.78, 5) is 0. The molecule has 1 aliphatic carbocycles. The van der Waals surface area contributed by atoms with Crippen molar-refractivity contribution < 1.29 is 24.5 Å². The fraction of sp³-hybridized carbons (Fsp3) is 0.444. The Morgan fingerprint density at radius 1 is 1.55 bits per heavy atom. The first-order valence-corrected chi connectivity index (χ1v) is 5.21. The van der Waals surface area contributed by atoms with E-state index in [2.05, 4.69) is 19.9 Å². The summed E-state index contributed by atoms with van der Waals surface area (Å²) >= 11 is 1.37. The van der Waals surface area contributed by atoms with Gasteiger partial charge in [0.05, 0.1) is 0 Å². The zero-order valence-corrected chi connectivity index (χ0v) is 9.68. The zero-order chi connectivity index (χ0) is 8.43. The predicted molar refractivity (Wildman–Crippen MR) is 43.2 cm³/mol. The summed E-state index contributed by atoms with van der Waals surface area (Å²) in [6, 6.07) is 0. The van der Waals surface area contributed by atoms with Gasteiger partial charge in [0.2, 0.25) is 0 Å². The Balaban J connectivity index is 2.82. The van der Waals surface area contributed by atoms with Gasteiger partial charge in [-0.2, -0.15) is 0 Å². The van der Waals surface area contributed by atoms with Gasteiger partial charge in [0.1, 0.15) is 0 Å². The van der Waals surface area contributed by atoms with E-state index in [4.69, 9.17) is 0 Å². The molecule has 1 unspecified atom stereocenters. The van der Waals surface area contributed by atoms with Crippen LogP contribution in [-0.4, -0.2) is 9.00 Å². The normalized spacial score (nSPS) is 24.1. The van der Waals surface area contributed by atoms with Gasteiger partial charge < -0.3 is 0 Å². The minimum absolute atomic E-state index is 0.454. The van der Waals surface area contributed by atoms with Crippen LogP contribution in [-0.2, 0) is 19.4 Å². The molecule has 1 N–H and O–H groups in total. The van der Waals surface area contributed by atoms with E-state index in [-0.39, 0.29) is 0 Å². The van der Waals surface area contributed by atoms with Crippen molar-refractivity contribution in [1.29, 1.82) is 0 Å². The van der Waals surface area contributed by atoms with Crippen molar-refractivity contribution in [2.24, 2.45) is 11.8 Å². The van der Waals surface area contributed by atoms with E-state index in [1.165, 1.54) is 23.3 Å². The zero-order valence-electron chi connectivity index (χ0n) is 6.74. The van der Waals surface area contributed by atoms with Crippen LogP contribution in [0.2, 0.25) is 0 Å². The molecule has 60 valence electrons. The second-order valence-electron chi connectivity index (χ2n) is 3.07. The molecule has 0 saturated carbocycles. The summed E-state index contributed by atoms with van der Waals surface area (Å²) in [5.74, 6) is 1.52. The molecule has 1 aliphatic rings. The van der Waals surface area contributed by atoms with E-state index < -0.39 is 0 Å². The van der Waals surface area contributed by atoms with Crippen LogP contribution < -0.4 is 0 Å². The Labute approximate surface area is 78.2 Å². The molecule has 11 heavy (non-hydrogen) atoms. The molecule has 0 amide bonds. The number of hydrogen-bond acceptors (Lipinski definition) is 1. The monoisotopic (exact) mass is 320 g/mol. The van der Waals surface area contributed by atoms with Crippen LogP contribution in [0.4, 0.5) is 0 Å². The molecule has 0 spiro atoms. The molecule has 0 aliphatic heterocycles. The fourth-order valence-corrected chi connectivity index (χ4v) is 2.64. The van der Waals surface area contributed by atoms with Crippen molar-refractivity contribution in [2.75, 3.05) is 0 Å². The van der Waals surface area contributed by atoms with E-state index in [1.807, 2.05) is 6.08 Å². The molecule has 0 bridgehead atoms. The average Bonchev–Trinajstić information content (AvgIpc) is 1.94. The summed E-state index contributed by atoms with van der Waals surface area (Å²) in [5.41, 5.74) is 0. The van der Waals surface area contributed by atoms with E-state index in [0.717, 1.165) is 0 Å². The van der Waals surface area contributed by atoms with Crippen LogP contribution in [0.25, 0.3) is 0 Å². The fourth-order valence-electron chi connectivity index (χ4n) is 1.13. The Kier molecular flexibility index (Phi) is 2.83. The second-order valence-corrected chi connectivity index (χ2v) is 4.65. The Bertz CT molecular complexity index is 226. The van der Waals surface area contributed by atoms with Gasteiger partial charge in [0, 0.05) is 0 Å².